The van der Waals surface area contributed by atoms with Crippen LogP contribution in [0.1, 0.15) is 445 Å². The number of rotatable bonds is 72. The van der Waals surface area contributed by atoms with E-state index in [1.54, 1.807) is 0 Å². The third kappa shape index (κ3) is 70.8. The van der Waals surface area contributed by atoms with Crippen molar-refractivity contribution in [1.82, 2.24) is 0 Å². The molecule has 0 aliphatic carbocycles. The first-order valence-corrected chi connectivity index (χ1v) is 38.2. The molecule has 0 spiro atoms. The van der Waals surface area contributed by atoms with Crippen LogP contribution in [0.3, 0.4) is 0 Å². The summed E-state index contributed by atoms with van der Waals surface area (Å²) in [4.78, 5) is 38.5. The van der Waals surface area contributed by atoms with Crippen LogP contribution in [-0.4, -0.2) is 37.2 Å². The normalized spacial score (nSPS) is 12.0. The van der Waals surface area contributed by atoms with E-state index >= 15 is 0 Å². The molecule has 0 aromatic heterocycles. The van der Waals surface area contributed by atoms with Gasteiger partial charge in [0.1, 0.15) is 13.2 Å². The van der Waals surface area contributed by atoms with Crippen molar-refractivity contribution < 1.29 is 28.6 Å². The first-order chi connectivity index (χ1) is 41.0. The van der Waals surface area contributed by atoms with Crippen LogP contribution >= 0.6 is 0 Å². The quantitative estimate of drug-likeness (QED) is 0.0261. The minimum absolute atomic E-state index is 0.0655. The Bertz CT molecular complexity index is 1300. The second kappa shape index (κ2) is 72.6. The van der Waals surface area contributed by atoms with Gasteiger partial charge in [-0.2, -0.15) is 0 Å². The molecule has 0 radical (unpaired) electrons. The van der Waals surface area contributed by atoms with Gasteiger partial charge in [0.05, 0.1) is 0 Å². The number of allylic oxidation sites excluding steroid dienone is 2. The zero-order valence-corrected chi connectivity index (χ0v) is 56.8. The van der Waals surface area contributed by atoms with Gasteiger partial charge in [-0.15, -0.1) is 0 Å². The number of hydrogen-bond acceptors (Lipinski definition) is 6. The summed E-state index contributed by atoms with van der Waals surface area (Å²) in [5.74, 6) is -0.837. The summed E-state index contributed by atoms with van der Waals surface area (Å²) in [6.07, 6.45) is 88.5. The predicted molar refractivity (Wildman–Crippen MR) is 363 cm³/mol. The molecule has 0 N–H and O–H groups in total. The van der Waals surface area contributed by atoms with Crippen LogP contribution in [-0.2, 0) is 28.6 Å². The number of unbranched alkanes of at least 4 members (excludes halogenated alkanes) is 59. The Balaban J connectivity index is 4.10. The van der Waals surface area contributed by atoms with E-state index in [-0.39, 0.29) is 31.1 Å². The Morgan fingerprint density at radius 1 is 0.229 bits per heavy atom. The molecule has 0 aromatic carbocycles. The lowest BCUT2D eigenvalue weighted by molar-refractivity contribution is -0.167. The zero-order chi connectivity index (χ0) is 59.9. The van der Waals surface area contributed by atoms with Crippen molar-refractivity contribution in [3.8, 4) is 0 Å². The Morgan fingerprint density at radius 2 is 0.398 bits per heavy atom. The maximum Gasteiger partial charge on any atom is 0.306 e. The van der Waals surface area contributed by atoms with Gasteiger partial charge in [-0.25, -0.2) is 0 Å². The summed E-state index contributed by atoms with van der Waals surface area (Å²) in [7, 11) is 0. The van der Waals surface area contributed by atoms with Crippen molar-refractivity contribution in [2.24, 2.45) is 0 Å². The largest absolute Gasteiger partial charge is 0.462 e. The van der Waals surface area contributed by atoms with E-state index < -0.39 is 6.10 Å². The molecular formula is C77H148O6. The Hall–Kier alpha value is -1.85. The van der Waals surface area contributed by atoms with Crippen molar-refractivity contribution in [3.05, 3.63) is 12.2 Å². The van der Waals surface area contributed by atoms with Crippen molar-refractivity contribution in [2.45, 2.75) is 451 Å². The smallest absolute Gasteiger partial charge is 0.306 e. The van der Waals surface area contributed by atoms with Gasteiger partial charge in [-0.1, -0.05) is 392 Å². The van der Waals surface area contributed by atoms with Crippen molar-refractivity contribution in [1.29, 1.82) is 0 Å². The van der Waals surface area contributed by atoms with Crippen molar-refractivity contribution in [2.75, 3.05) is 13.2 Å². The molecule has 83 heavy (non-hydrogen) atoms. The van der Waals surface area contributed by atoms with Crippen LogP contribution in [0.5, 0.6) is 0 Å². The monoisotopic (exact) mass is 1170 g/mol. The van der Waals surface area contributed by atoms with Crippen LogP contribution in [0.2, 0.25) is 0 Å². The maximum atomic E-state index is 12.9. The summed E-state index contributed by atoms with van der Waals surface area (Å²) in [5.41, 5.74) is 0. The predicted octanol–water partition coefficient (Wildman–Crippen LogP) is 26.3. The zero-order valence-electron chi connectivity index (χ0n) is 56.8. The summed E-state index contributed by atoms with van der Waals surface area (Å²) < 4.78 is 17.0. The Kier molecular flexibility index (Phi) is 71.0. The molecule has 0 saturated carbocycles. The van der Waals surface area contributed by atoms with E-state index in [9.17, 15) is 14.4 Å². The minimum Gasteiger partial charge on any atom is -0.462 e. The fourth-order valence-corrected chi connectivity index (χ4v) is 12.0. The molecule has 0 heterocycles. The van der Waals surface area contributed by atoms with Gasteiger partial charge in [-0.3, -0.25) is 14.4 Å². The van der Waals surface area contributed by atoms with Gasteiger partial charge >= 0.3 is 17.9 Å². The summed E-state index contributed by atoms with van der Waals surface area (Å²) in [5, 5.41) is 0. The van der Waals surface area contributed by atoms with Gasteiger partial charge in [0.2, 0.25) is 0 Å². The fourth-order valence-electron chi connectivity index (χ4n) is 12.0. The third-order valence-corrected chi connectivity index (χ3v) is 17.8. The number of hydrogen-bond donors (Lipinski definition) is 0. The van der Waals surface area contributed by atoms with Crippen LogP contribution < -0.4 is 0 Å². The van der Waals surface area contributed by atoms with E-state index in [0.29, 0.717) is 19.3 Å². The van der Waals surface area contributed by atoms with Gasteiger partial charge in [-0.05, 0) is 44.9 Å². The van der Waals surface area contributed by atoms with Gasteiger partial charge < -0.3 is 14.2 Å². The average Bonchev–Trinajstić information content (AvgIpc) is 3.49. The van der Waals surface area contributed by atoms with Gasteiger partial charge in [0, 0.05) is 19.3 Å². The Morgan fingerprint density at radius 3 is 0.602 bits per heavy atom. The molecular weight excluding hydrogens is 1020 g/mol. The standard InChI is InChI=1S/C77H148O6/c1-4-7-10-13-16-19-22-25-28-30-31-32-33-34-35-36-37-38-39-40-41-42-43-44-45-47-49-52-55-58-61-64-67-70-76(79)82-73-74(72-81-75(78)69-66-63-60-57-54-51-48-27-24-21-18-15-12-9-6-3)83-77(80)71-68-65-62-59-56-53-50-46-29-26-23-20-17-14-11-8-5-2/h27,48,74H,4-26,28-47,49-73H2,1-3H3/b48-27-. The molecule has 0 rings (SSSR count). The first kappa shape index (κ1) is 81.2. The molecule has 0 fully saturated rings. The highest BCUT2D eigenvalue weighted by atomic mass is 16.6. The average molecular weight is 1170 g/mol. The van der Waals surface area contributed by atoms with Crippen LogP contribution in [0.15, 0.2) is 12.2 Å². The van der Waals surface area contributed by atoms with Crippen molar-refractivity contribution in [3.63, 3.8) is 0 Å². The summed E-state index contributed by atoms with van der Waals surface area (Å²) in [6.45, 7) is 6.73. The van der Waals surface area contributed by atoms with E-state index in [1.165, 1.54) is 340 Å². The lowest BCUT2D eigenvalue weighted by Crippen LogP contribution is -2.30. The molecule has 0 aromatic rings. The number of ether oxygens (including phenoxy) is 3. The molecule has 0 aliphatic heterocycles. The number of carbonyl (C=O) groups excluding carboxylic acids is 3. The van der Waals surface area contributed by atoms with E-state index in [4.69, 9.17) is 14.2 Å². The number of esters is 3. The highest BCUT2D eigenvalue weighted by Gasteiger charge is 2.20. The summed E-state index contributed by atoms with van der Waals surface area (Å²) in [6, 6.07) is 0. The fraction of sp³-hybridized carbons (Fsp3) is 0.935. The van der Waals surface area contributed by atoms with Crippen LogP contribution in [0.25, 0.3) is 0 Å². The molecule has 492 valence electrons. The lowest BCUT2D eigenvalue weighted by Gasteiger charge is -2.18. The van der Waals surface area contributed by atoms with Crippen molar-refractivity contribution >= 4 is 17.9 Å². The number of carbonyl (C=O) groups is 3. The minimum atomic E-state index is -0.770. The molecule has 6 nitrogen and oxygen atoms in total. The lowest BCUT2D eigenvalue weighted by atomic mass is 10.0. The van der Waals surface area contributed by atoms with Gasteiger partial charge in [0.25, 0.3) is 0 Å². The van der Waals surface area contributed by atoms with E-state index in [1.807, 2.05) is 0 Å². The SMILES string of the molecule is CCCCCCCC/C=C\CCCCCCCC(=O)OCC(COC(=O)CCCCCCCCCCCCCCCCCCCCCCCCCCCCCCCCCCC)OC(=O)CCCCCCCCCCCCCCCCCCC. The second-order valence-electron chi connectivity index (χ2n) is 26.3. The second-order valence-corrected chi connectivity index (χ2v) is 26.3. The third-order valence-electron chi connectivity index (χ3n) is 17.8. The molecule has 0 saturated heterocycles. The molecule has 0 aliphatic rings. The molecule has 0 bridgehead atoms. The Labute approximate surface area is 520 Å². The van der Waals surface area contributed by atoms with Crippen LogP contribution in [0.4, 0.5) is 0 Å². The highest BCUT2D eigenvalue weighted by molar-refractivity contribution is 5.71. The molecule has 1 unspecified atom stereocenters. The highest BCUT2D eigenvalue weighted by Crippen LogP contribution is 2.20. The molecule has 1 atom stereocenters. The maximum absolute atomic E-state index is 12.9. The van der Waals surface area contributed by atoms with E-state index in [2.05, 4.69) is 32.9 Å². The molecule has 0 amide bonds. The first-order valence-electron chi connectivity index (χ1n) is 38.2. The topological polar surface area (TPSA) is 78.9 Å². The van der Waals surface area contributed by atoms with E-state index in [0.717, 1.165) is 64.2 Å². The summed E-state index contributed by atoms with van der Waals surface area (Å²) >= 11 is 0. The van der Waals surface area contributed by atoms with Gasteiger partial charge in [0.15, 0.2) is 6.10 Å². The molecule has 6 heteroatoms. The van der Waals surface area contributed by atoms with Crippen LogP contribution in [0, 0.1) is 0 Å².